The van der Waals surface area contributed by atoms with Gasteiger partial charge in [0.05, 0.1) is 5.56 Å². The van der Waals surface area contributed by atoms with E-state index in [-0.39, 0.29) is 24.3 Å². The van der Waals surface area contributed by atoms with Gasteiger partial charge in [-0.15, -0.1) is 10.2 Å². The van der Waals surface area contributed by atoms with Crippen LogP contribution < -0.4 is 11.1 Å². The molecule has 3 N–H and O–H groups in total. The normalized spacial score (nSPS) is 11.8. The van der Waals surface area contributed by atoms with Crippen molar-refractivity contribution in [1.82, 2.24) is 19.9 Å². The van der Waals surface area contributed by atoms with E-state index in [4.69, 9.17) is 5.73 Å². The van der Waals surface area contributed by atoms with Crippen molar-refractivity contribution in [3.63, 3.8) is 0 Å². The standard InChI is InChI=1S/C10H10F3N5O/c11-10(12,13)9-17-16-7-6(2-1-5-18(7)9)8(19)15-4-3-14/h1-2,5H,3-4,14H2,(H,15,19). The van der Waals surface area contributed by atoms with Crippen LogP contribution in [-0.4, -0.2) is 33.6 Å². The minimum Gasteiger partial charge on any atom is -0.351 e. The van der Waals surface area contributed by atoms with E-state index in [1.807, 2.05) is 0 Å². The van der Waals surface area contributed by atoms with Gasteiger partial charge in [0, 0.05) is 19.3 Å². The van der Waals surface area contributed by atoms with E-state index in [0.717, 1.165) is 10.6 Å². The molecular formula is C10H10F3N5O. The summed E-state index contributed by atoms with van der Waals surface area (Å²) < 4.78 is 38.7. The molecule has 2 aromatic rings. The summed E-state index contributed by atoms with van der Waals surface area (Å²) >= 11 is 0. The number of amides is 1. The molecule has 2 heterocycles. The quantitative estimate of drug-likeness (QED) is 0.849. The van der Waals surface area contributed by atoms with E-state index >= 15 is 0 Å². The molecule has 102 valence electrons. The maximum Gasteiger partial charge on any atom is 0.452 e. The van der Waals surface area contributed by atoms with Gasteiger partial charge in [-0.3, -0.25) is 9.20 Å². The number of nitrogens with one attached hydrogen (secondary N) is 1. The largest absolute Gasteiger partial charge is 0.452 e. The third-order valence-corrected chi connectivity index (χ3v) is 2.36. The molecule has 2 aromatic heterocycles. The lowest BCUT2D eigenvalue weighted by Crippen LogP contribution is -2.29. The lowest BCUT2D eigenvalue weighted by molar-refractivity contribution is -0.145. The molecule has 1 amide bonds. The molecule has 0 bridgehead atoms. The van der Waals surface area contributed by atoms with Crippen molar-refractivity contribution in [3.8, 4) is 0 Å². The average molecular weight is 273 g/mol. The lowest BCUT2D eigenvalue weighted by atomic mass is 10.2. The number of halogens is 3. The molecule has 6 nitrogen and oxygen atoms in total. The van der Waals surface area contributed by atoms with Crippen LogP contribution in [0.1, 0.15) is 16.2 Å². The van der Waals surface area contributed by atoms with Crippen molar-refractivity contribution >= 4 is 11.6 Å². The summed E-state index contributed by atoms with van der Waals surface area (Å²) in [6, 6.07) is 2.69. The first-order chi connectivity index (χ1) is 8.95. The predicted molar refractivity (Wildman–Crippen MR) is 59.4 cm³/mol. The molecule has 19 heavy (non-hydrogen) atoms. The first kappa shape index (κ1) is 13.3. The van der Waals surface area contributed by atoms with Crippen molar-refractivity contribution in [3.05, 3.63) is 29.7 Å². The number of aromatic nitrogens is 3. The lowest BCUT2D eigenvalue weighted by Gasteiger charge is -2.06. The summed E-state index contributed by atoms with van der Waals surface area (Å²) in [4.78, 5) is 11.7. The van der Waals surface area contributed by atoms with Gasteiger partial charge in [-0.2, -0.15) is 13.2 Å². The van der Waals surface area contributed by atoms with E-state index in [9.17, 15) is 18.0 Å². The molecule has 0 aliphatic rings. The van der Waals surface area contributed by atoms with E-state index < -0.39 is 17.9 Å². The number of hydrogen-bond acceptors (Lipinski definition) is 4. The predicted octanol–water partition coefficient (Wildman–Crippen LogP) is 0.437. The number of nitrogens with two attached hydrogens (primary N) is 1. The smallest absolute Gasteiger partial charge is 0.351 e. The molecule has 0 aliphatic carbocycles. The average Bonchev–Trinajstić information content (AvgIpc) is 2.79. The molecule has 0 atom stereocenters. The van der Waals surface area contributed by atoms with Gasteiger partial charge in [0.1, 0.15) is 0 Å². The van der Waals surface area contributed by atoms with Gasteiger partial charge in [-0.25, -0.2) is 0 Å². The monoisotopic (exact) mass is 273 g/mol. The van der Waals surface area contributed by atoms with E-state index in [1.54, 1.807) is 0 Å². The fourth-order valence-corrected chi connectivity index (χ4v) is 1.57. The molecule has 0 saturated carbocycles. The number of carbonyl (C=O) groups excluding carboxylic acids is 1. The zero-order valence-corrected chi connectivity index (χ0v) is 9.61. The first-order valence-corrected chi connectivity index (χ1v) is 5.34. The maximum atomic E-state index is 12.6. The highest BCUT2D eigenvalue weighted by Crippen LogP contribution is 2.28. The minimum atomic E-state index is -4.63. The number of alkyl halides is 3. The summed E-state index contributed by atoms with van der Waals surface area (Å²) in [5.41, 5.74) is 5.10. The van der Waals surface area contributed by atoms with Crippen LogP contribution >= 0.6 is 0 Å². The third kappa shape index (κ3) is 2.50. The van der Waals surface area contributed by atoms with Gasteiger partial charge in [-0.1, -0.05) is 0 Å². The Morgan fingerprint density at radius 2 is 2.16 bits per heavy atom. The van der Waals surface area contributed by atoms with Crippen LogP contribution in [0.5, 0.6) is 0 Å². The Labute approximate surface area is 105 Å². The van der Waals surface area contributed by atoms with Crippen LogP contribution in [-0.2, 0) is 6.18 Å². The number of rotatable bonds is 3. The van der Waals surface area contributed by atoms with Crippen LogP contribution in [0.4, 0.5) is 13.2 Å². The molecule has 9 heteroatoms. The molecule has 2 rings (SSSR count). The SMILES string of the molecule is NCCNC(=O)c1cccn2c(C(F)(F)F)nnc12. The fourth-order valence-electron chi connectivity index (χ4n) is 1.57. The Hall–Kier alpha value is -2.16. The minimum absolute atomic E-state index is 0.0129. The van der Waals surface area contributed by atoms with Crippen LogP contribution in [0.15, 0.2) is 18.3 Å². The highest BCUT2D eigenvalue weighted by atomic mass is 19.4. The summed E-state index contributed by atoms with van der Waals surface area (Å²) in [6.07, 6.45) is -3.48. The summed E-state index contributed by atoms with van der Waals surface area (Å²) in [7, 11) is 0. The van der Waals surface area contributed by atoms with Gasteiger partial charge in [0.2, 0.25) is 5.82 Å². The zero-order valence-electron chi connectivity index (χ0n) is 9.61. The van der Waals surface area contributed by atoms with Gasteiger partial charge in [-0.05, 0) is 12.1 Å². The highest BCUT2D eigenvalue weighted by molar-refractivity contribution is 5.99. The van der Waals surface area contributed by atoms with Gasteiger partial charge in [0.15, 0.2) is 5.65 Å². The van der Waals surface area contributed by atoms with E-state index in [2.05, 4.69) is 15.5 Å². The topological polar surface area (TPSA) is 85.3 Å². The molecule has 0 saturated heterocycles. The molecule has 0 aliphatic heterocycles. The summed E-state index contributed by atoms with van der Waals surface area (Å²) in [6.45, 7) is 0.454. The molecule has 0 unspecified atom stereocenters. The molecule has 0 fully saturated rings. The van der Waals surface area contributed by atoms with Crippen molar-refractivity contribution < 1.29 is 18.0 Å². The van der Waals surface area contributed by atoms with Crippen molar-refractivity contribution in [2.24, 2.45) is 5.73 Å². The second kappa shape index (κ2) is 4.84. The Balaban J connectivity index is 2.48. The van der Waals surface area contributed by atoms with Crippen molar-refractivity contribution in [2.75, 3.05) is 13.1 Å². The molecule has 0 radical (unpaired) electrons. The number of hydrogen-bond donors (Lipinski definition) is 2. The Morgan fingerprint density at radius 3 is 2.79 bits per heavy atom. The van der Waals surface area contributed by atoms with Gasteiger partial charge < -0.3 is 11.1 Å². The van der Waals surface area contributed by atoms with Crippen molar-refractivity contribution in [2.45, 2.75) is 6.18 Å². The number of pyridine rings is 1. The Kier molecular flexibility index (Phi) is 3.38. The summed E-state index contributed by atoms with van der Waals surface area (Å²) in [5, 5.41) is 8.95. The van der Waals surface area contributed by atoms with Crippen molar-refractivity contribution in [1.29, 1.82) is 0 Å². The highest BCUT2D eigenvalue weighted by Gasteiger charge is 2.37. The Bertz CT molecular complexity index is 607. The van der Waals surface area contributed by atoms with Crippen LogP contribution in [0.2, 0.25) is 0 Å². The first-order valence-electron chi connectivity index (χ1n) is 5.34. The van der Waals surface area contributed by atoms with Crippen LogP contribution in [0, 0.1) is 0 Å². The number of fused-ring (bicyclic) bond motifs is 1. The van der Waals surface area contributed by atoms with Gasteiger partial charge in [0.25, 0.3) is 5.91 Å². The molecule has 0 aromatic carbocycles. The van der Waals surface area contributed by atoms with E-state index in [1.165, 1.54) is 12.1 Å². The second-order valence-electron chi connectivity index (χ2n) is 3.68. The Morgan fingerprint density at radius 1 is 1.42 bits per heavy atom. The third-order valence-electron chi connectivity index (χ3n) is 2.36. The fraction of sp³-hybridized carbons (Fsp3) is 0.300. The maximum absolute atomic E-state index is 12.6. The van der Waals surface area contributed by atoms with Crippen LogP contribution in [0.3, 0.4) is 0 Å². The number of nitrogens with zero attached hydrogens (tertiary/aromatic N) is 3. The zero-order chi connectivity index (χ0) is 14.0. The molecular weight excluding hydrogens is 263 g/mol. The second-order valence-corrected chi connectivity index (χ2v) is 3.68. The van der Waals surface area contributed by atoms with Gasteiger partial charge >= 0.3 is 6.18 Å². The number of carbonyl (C=O) groups is 1. The van der Waals surface area contributed by atoms with Crippen LogP contribution in [0.25, 0.3) is 5.65 Å². The summed E-state index contributed by atoms with van der Waals surface area (Å²) in [5.74, 6) is -1.71. The van der Waals surface area contributed by atoms with E-state index in [0.29, 0.717) is 0 Å². The molecule has 0 spiro atoms.